The van der Waals surface area contributed by atoms with E-state index in [4.69, 9.17) is 5.84 Å². The van der Waals surface area contributed by atoms with Gasteiger partial charge in [0.05, 0.1) is 0 Å². The molecule has 0 amide bonds. The molecular weight excluding hydrogens is 234 g/mol. The van der Waals surface area contributed by atoms with Crippen molar-refractivity contribution in [1.29, 1.82) is 0 Å². The number of hydrogen-bond acceptors (Lipinski definition) is 3. The van der Waals surface area contributed by atoms with E-state index >= 15 is 0 Å². The third-order valence-electron chi connectivity index (χ3n) is 2.65. The molecule has 100 valence electrons. The molecule has 0 aromatic heterocycles. The van der Waals surface area contributed by atoms with Gasteiger partial charge >= 0.3 is 0 Å². The predicted molar refractivity (Wildman–Crippen MR) is 83.0 cm³/mol. The second-order valence-corrected chi connectivity index (χ2v) is 4.14. The summed E-state index contributed by atoms with van der Waals surface area (Å²) >= 11 is 0. The van der Waals surface area contributed by atoms with Crippen molar-refractivity contribution in [3.8, 4) is 0 Å². The molecule has 0 aliphatic carbocycles. The molecule has 1 rings (SSSR count). The summed E-state index contributed by atoms with van der Waals surface area (Å²) in [6.45, 7) is 12.2. The van der Waals surface area contributed by atoms with Gasteiger partial charge in [-0.2, -0.15) is 0 Å². The lowest BCUT2D eigenvalue weighted by molar-refractivity contribution is 0.858. The van der Waals surface area contributed by atoms with E-state index in [9.17, 15) is 0 Å². The quantitative estimate of drug-likeness (QED) is 0.380. The molecule has 0 fully saturated rings. The molecule has 4 N–H and O–H groups in total. The molecule has 19 heavy (non-hydrogen) atoms. The van der Waals surface area contributed by atoms with Crippen LogP contribution in [0.15, 0.2) is 67.5 Å². The zero-order valence-corrected chi connectivity index (χ0v) is 11.2. The van der Waals surface area contributed by atoms with Crippen LogP contribution in [0.3, 0.4) is 0 Å². The van der Waals surface area contributed by atoms with Gasteiger partial charge in [0, 0.05) is 24.4 Å². The molecule has 3 heteroatoms. The van der Waals surface area contributed by atoms with Gasteiger partial charge in [-0.3, -0.25) is 5.84 Å². The zero-order chi connectivity index (χ0) is 14.1. The lowest BCUT2D eigenvalue weighted by Crippen LogP contribution is -2.19. The monoisotopic (exact) mass is 255 g/mol. The highest BCUT2D eigenvalue weighted by molar-refractivity contribution is 5.52. The molecule has 0 saturated carbocycles. The molecular formula is C16H21N3. The SMILES string of the molecule is C=Cc1ccccc1CC(=C)NC/C=C/C(=C)NN. The topological polar surface area (TPSA) is 50.1 Å². The average Bonchev–Trinajstić information content (AvgIpc) is 2.43. The first-order chi connectivity index (χ1) is 9.17. The summed E-state index contributed by atoms with van der Waals surface area (Å²) in [7, 11) is 0. The summed E-state index contributed by atoms with van der Waals surface area (Å²) < 4.78 is 0. The minimum absolute atomic E-state index is 0.671. The zero-order valence-electron chi connectivity index (χ0n) is 11.2. The minimum atomic E-state index is 0.671. The Morgan fingerprint density at radius 3 is 2.68 bits per heavy atom. The van der Waals surface area contributed by atoms with Crippen molar-refractivity contribution in [2.75, 3.05) is 6.54 Å². The summed E-state index contributed by atoms with van der Waals surface area (Å²) in [6.07, 6.45) is 6.40. The molecule has 1 aromatic rings. The van der Waals surface area contributed by atoms with Gasteiger partial charge in [0.2, 0.25) is 0 Å². The number of rotatable bonds is 8. The summed E-state index contributed by atoms with van der Waals surface area (Å²) in [4.78, 5) is 0. The maximum atomic E-state index is 5.20. The van der Waals surface area contributed by atoms with Crippen molar-refractivity contribution in [3.05, 3.63) is 78.7 Å². The van der Waals surface area contributed by atoms with E-state index in [0.717, 1.165) is 17.7 Å². The highest BCUT2D eigenvalue weighted by Crippen LogP contribution is 2.12. The molecule has 0 spiro atoms. The lowest BCUT2D eigenvalue weighted by Gasteiger charge is -2.10. The van der Waals surface area contributed by atoms with Gasteiger partial charge in [-0.05, 0) is 17.2 Å². The largest absolute Gasteiger partial charge is 0.385 e. The Labute approximate surface area is 115 Å². The third-order valence-corrected chi connectivity index (χ3v) is 2.65. The van der Waals surface area contributed by atoms with Gasteiger partial charge in [0.15, 0.2) is 0 Å². The summed E-state index contributed by atoms with van der Waals surface area (Å²) in [5.41, 5.74) is 6.45. The van der Waals surface area contributed by atoms with E-state index in [1.807, 2.05) is 36.4 Å². The molecule has 0 bridgehead atoms. The van der Waals surface area contributed by atoms with Crippen LogP contribution in [0, 0.1) is 0 Å². The van der Waals surface area contributed by atoms with Crippen LogP contribution in [-0.4, -0.2) is 6.54 Å². The van der Waals surface area contributed by atoms with Crippen LogP contribution < -0.4 is 16.6 Å². The van der Waals surface area contributed by atoms with Crippen molar-refractivity contribution in [1.82, 2.24) is 10.7 Å². The molecule has 0 atom stereocenters. The van der Waals surface area contributed by atoms with E-state index in [1.54, 1.807) is 0 Å². The van der Waals surface area contributed by atoms with Crippen LogP contribution in [-0.2, 0) is 6.42 Å². The number of hydrazine groups is 1. The lowest BCUT2D eigenvalue weighted by atomic mass is 10.0. The Morgan fingerprint density at radius 2 is 2.00 bits per heavy atom. The number of allylic oxidation sites excluding steroid dienone is 2. The fraction of sp³-hybridized carbons (Fsp3) is 0.125. The normalized spacial score (nSPS) is 10.2. The highest BCUT2D eigenvalue weighted by atomic mass is 15.2. The summed E-state index contributed by atoms with van der Waals surface area (Å²) in [5, 5.41) is 3.24. The highest BCUT2D eigenvalue weighted by Gasteiger charge is 2.00. The fourth-order valence-electron chi connectivity index (χ4n) is 1.64. The molecule has 0 heterocycles. The molecule has 3 nitrogen and oxygen atoms in total. The maximum Gasteiger partial charge on any atom is 0.0410 e. The fourth-order valence-corrected chi connectivity index (χ4v) is 1.64. The van der Waals surface area contributed by atoms with Crippen molar-refractivity contribution >= 4 is 6.08 Å². The van der Waals surface area contributed by atoms with E-state index < -0.39 is 0 Å². The van der Waals surface area contributed by atoms with Gasteiger partial charge in [0.1, 0.15) is 0 Å². The predicted octanol–water partition coefficient (Wildman–Crippen LogP) is 2.51. The Bertz CT molecular complexity index is 487. The van der Waals surface area contributed by atoms with Crippen molar-refractivity contribution in [2.24, 2.45) is 5.84 Å². The summed E-state index contributed by atoms with van der Waals surface area (Å²) in [5.74, 6) is 5.20. The van der Waals surface area contributed by atoms with Gasteiger partial charge in [-0.15, -0.1) is 0 Å². The van der Waals surface area contributed by atoms with Crippen molar-refractivity contribution in [2.45, 2.75) is 6.42 Å². The maximum absolute atomic E-state index is 5.20. The molecule has 0 radical (unpaired) electrons. The number of benzene rings is 1. The molecule has 0 aliphatic heterocycles. The Balaban J connectivity index is 2.45. The van der Waals surface area contributed by atoms with Crippen LogP contribution in [0.25, 0.3) is 6.08 Å². The van der Waals surface area contributed by atoms with E-state index in [0.29, 0.717) is 12.2 Å². The first kappa shape index (κ1) is 14.8. The van der Waals surface area contributed by atoms with Crippen LogP contribution in [0.1, 0.15) is 11.1 Å². The Hall–Kier alpha value is -2.26. The van der Waals surface area contributed by atoms with Gasteiger partial charge in [-0.25, -0.2) is 0 Å². The van der Waals surface area contributed by atoms with E-state index in [-0.39, 0.29) is 0 Å². The summed E-state index contributed by atoms with van der Waals surface area (Å²) in [6, 6.07) is 8.16. The Morgan fingerprint density at radius 1 is 1.26 bits per heavy atom. The molecule has 0 unspecified atom stereocenters. The van der Waals surface area contributed by atoms with Crippen LogP contribution in [0.4, 0.5) is 0 Å². The van der Waals surface area contributed by atoms with Crippen LogP contribution >= 0.6 is 0 Å². The van der Waals surface area contributed by atoms with Crippen LogP contribution in [0.5, 0.6) is 0 Å². The second-order valence-electron chi connectivity index (χ2n) is 4.14. The van der Waals surface area contributed by atoms with Gasteiger partial charge in [0.25, 0.3) is 0 Å². The number of nitrogens with two attached hydrogens (primary N) is 1. The van der Waals surface area contributed by atoms with Gasteiger partial charge < -0.3 is 10.7 Å². The first-order valence-corrected chi connectivity index (χ1v) is 6.11. The minimum Gasteiger partial charge on any atom is -0.385 e. The third kappa shape index (κ3) is 5.27. The Kier molecular flexibility index (Phi) is 6.19. The first-order valence-electron chi connectivity index (χ1n) is 6.11. The van der Waals surface area contributed by atoms with E-state index in [2.05, 4.69) is 36.5 Å². The molecule has 0 aliphatic rings. The van der Waals surface area contributed by atoms with Crippen molar-refractivity contribution in [3.63, 3.8) is 0 Å². The number of hydrogen-bond donors (Lipinski definition) is 3. The van der Waals surface area contributed by atoms with Crippen LogP contribution in [0.2, 0.25) is 0 Å². The number of nitrogens with one attached hydrogen (secondary N) is 2. The standard InChI is InChI=1S/C16H21N3/c1-4-15-9-5-6-10-16(15)12-14(3)18-11-7-8-13(2)19-17/h4-10,18-19H,1-3,11-12,17H2/b8-7+. The van der Waals surface area contributed by atoms with Gasteiger partial charge in [-0.1, -0.05) is 56.2 Å². The smallest absolute Gasteiger partial charge is 0.0410 e. The molecule has 1 aromatic carbocycles. The average molecular weight is 255 g/mol. The second kappa shape index (κ2) is 7.95. The van der Waals surface area contributed by atoms with Crippen molar-refractivity contribution < 1.29 is 0 Å². The molecule has 0 saturated heterocycles. The van der Waals surface area contributed by atoms with E-state index in [1.165, 1.54) is 5.56 Å².